The van der Waals surface area contributed by atoms with E-state index in [0.29, 0.717) is 18.8 Å². The summed E-state index contributed by atoms with van der Waals surface area (Å²) in [6.45, 7) is 9.44. The molecular formula is C22H33N3O5S. The van der Waals surface area contributed by atoms with Gasteiger partial charge in [-0.1, -0.05) is 20.8 Å². The molecule has 2 atom stereocenters. The van der Waals surface area contributed by atoms with Crippen LogP contribution in [0.5, 0.6) is 0 Å². The minimum absolute atomic E-state index is 0.114. The van der Waals surface area contributed by atoms with Gasteiger partial charge in [-0.25, -0.2) is 8.42 Å². The molecule has 0 N–H and O–H groups in total. The summed E-state index contributed by atoms with van der Waals surface area (Å²) in [4.78, 5) is 29.2. The number of anilines is 1. The lowest BCUT2D eigenvalue weighted by molar-refractivity contribution is -0.156. The second kappa shape index (κ2) is 10.1. The van der Waals surface area contributed by atoms with E-state index < -0.39 is 15.9 Å². The van der Waals surface area contributed by atoms with Crippen LogP contribution in [0.3, 0.4) is 0 Å². The zero-order valence-electron chi connectivity index (χ0n) is 18.6. The SMILES string of the molecule is CCN1CCCC(OC(=O)C2CC(=O)N(c3ccc(S(=O)(=O)N(CC)CC)cc3)C2)C1. The monoisotopic (exact) mass is 451 g/mol. The van der Waals surface area contributed by atoms with Gasteiger partial charge in [-0.05, 0) is 50.2 Å². The van der Waals surface area contributed by atoms with Crippen molar-refractivity contribution in [1.82, 2.24) is 9.21 Å². The molecule has 2 saturated heterocycles. The Morgan fingerprint density at radius 3 is 2.42 bits per heavy atom. The van der Waals surface area contributed by atoms with Gasteiger partial charge in [-0.15, -0.1) is 0 Å². The zero-order valence-corrected chi connectivity index (χ0v) is 19.4. The second-order valence-electron chi connectivity index (χ2n) is 8.08. The van der Waals surface area contributed by atoms with E-state index in [1.807, 2.05) is 0 Å². The number of rotatable bonds is 8. The van der Waals surface area contributed by atoms with Gasteiger partial charge in [0.1, 0.15) is 6.10 Å². The molecule has 31 heavy (non-hydrogen) atoms. The third kappa shape index (κ3) is 5.27. The van der Waals surface area contributed by atoms with Crippen LogP contribution in [0.15, 0.2) is 29.2 Å². The van der Waals surface area contributed by atoms with Gasteiger partial charge < -0.3 is 9.64 Å². The van der Waals surface area contributed by atoms with Crippen molar-refractivity contribution in [3.05, 3.63) is 24.3 Å². The van der Waals surface area contributed by atoms with Crippen LogP contribution in [0, 0.1) is 5.92 Å². The van der Waals surface area contributed by atoms with E-state index in [-0.39, 0.29) is 35.8 Å². The number of amides is 1. The first kappa shape index (κ1) is 23.7. The molecule has 0 aromatic heterocycles. The predicted molar refractivity (Wildman–Crippen MR) is 118 cm³/mol. The molecule has 9 heteroatoms. The summed E-state index contributed by atoms with van der Waals surface area (Å²) in [5.41, 5.74) is 0.591. The van der Waals surface area contributed by atoms with Crippen molar-refractivity contribution >= 4 is 27.6 Å². The molecule has 1 aromatic carbocycles. The summed E-state index contributed by atoms with van der Waals surface area (Å²) in [6, 6.07) is 6.29. The lowest BCUT2D eigenvalue weighted by Gasteiger charge is -2.31. The second-order valence-corrected chi connectivity index (χ2v) is 10.0. The van der Waals surface area contributed by atoms with Gasteiger partial charge in [0.05, 0.1) is 10.8 Å². The molecule has 8 nitrogen and oxygen atoms in total. The molecule has 0 radical (unpaired) electrons. The molecule has 0 bridgehead atoms. The highest BCUT2D eigenvalue weighted by molar-refractivity contribution is 7.89. The number of likely N-dealkylation sites (tertiary alicyclic amines) is 1. The van der Waals surface area contributed by atoms with Gasteiger partial charge in [-0.2, -0.15) is 4.31 Å². The van der Waals surface area contributed by atoms with Gasteiger partial charge in [0.15, 0.2) is 0 Å². The average molecular weight is 452 g/mol. The lowest BCUT2D eigenvalue weighted by atomic mass is 10.1. The largest absolute Gasteiger partial charge is 0.461 e. The molecule has 2 aliphatic heterocycles. The summed E-state index contributed by atoms with van der Waals surface area (Å²) in [5, 5.41) is 0. The number of ether oxygens (including phenoxy) is 1. The van der Waals surface area contributed by atoms with Gasteiger partial charge in [0.25, 0.3) is 0 Å². The summed E-state index contributed by atoms with van der Waals surface area (Å²) in [5.74, 6) is -0.969. The first-order chi connectivity index (χ1) is 14.8. The van der Waals surface area contributed by atoms with Crippen molar-refractivity contribution < 1.29 is 22.7 Å². The molecule has 0 saturated carbocycles. The Morgan fingerprint density at radius 2 is 1.81 bits per heavy atom. The van der Waals surface area contributed by atoms with E-state index in [2.05, 4.69) is 11.8 Å². The van der Waals surface area contributed by atoms with E-state index in [1.165, 1.54) is 16.4 Å². The summed E-state index contributed by atoms with van der Waals surface area (Å²) in [6.07, 6.45) is 1.86. The number of hydrogen-bond acceptors (Lipinski definition) is 6. The first-order valence-corrected chi connectivity index (χ1v) is 12.6. The Morgan fingerprint density at radius 1 is 1.13 bits per heavy atom. The fourth-order valence-corrected chi connectivity index (χ4v) is 5.74. The average Bonchev–Trinajstić information content (AvgIpc) is 3.16. The molecule has 3 rings (SSSR count). The third-order valence-electron chi connectivity index (χ3n) is 6.14. The Balaban J connectivity index is 1.64. The molecule has 0 spiro atoms. The van der Waals surface area contributed by atoms with Crippen molar-refractivity contribution in [2.45, 2.75) is 51.0 Å². The Bertz CT molecular complexity index is 883. The lowest BCUT2D eigenvalue weighted by Crippen LogP contribution is -2.41. The summed E-state index contributed by atoms with van der Waals surface area (Å²) < 4.78 is 32.4. The number of piperidine rings is 1. The minimum Gasteiger partial charge on any atom is -0.461 e. The Labute approximate surface area is 185 Å². The normalized spacial score (nSPS) is 22.8. The van der Waals surface area contributed by atoms with Crippen molar-refractivity contribution in [2.75, 3.05) is 44.2 Å². The maximum Gasteiger partial charge on any atom is 0.311 e. The fraction of sp³-hybridized carbons (Fsp3) is 0.636. The van der Waals surface area contributed by atoms with Crippen LogP contribution in [0.2, 0.25) is 0 Å². The molecule has 2 unspecified atom stereocenters. The number of hydrogen-bond donors (Lipinski definition) is 0. The third-order valence-corrected chi connectivity index (χ3v) is 8.21. The number of benzene rings is 1. The molecule has 0 aliphatic carbocycles. The van der Waals surface area contributed by atoms with E-state index in [1.54, 1.807) is 30.9 Å². The van der Waals surface area contributed by atoms with E-state index in [4.69, 9.17) is 4.74 Å². The number of likely N-dealkylation sites (N-methyl/N-ethyl adjacent to an activating group) is 1. The molecule has 2 aliphatic rings. The van der Waals surface area contributed by atoms with Crippen molar-refractivity contribution in [3.63, 3.8) is 0 Å². The predicted octanol–water partition coefficient (Wildman–Crippen LogP) is 2.10. The summed E-state index contributed by atoms with van der Waals surface area (Å²) in [7, 11) is -3.55. The molecule has 172 valence electrons. The molecule has 2 fully saturated rings. The van der Waals surface area contributed by atoms with E-state index in [0.717, 1.165) is 32.5 Å². The minimum atomic E-state index is -3.55. The van der Waals surface area contributed by atoms with Gasteiger partial charge >= 0.3 is 5.97 Å². The number of sulfonamides is 1. The van der Waals surface area contributed by atoms with Crippen LogP contribution in [0.25, 0.3) is 0 Å². The van der Waals surface area contributed by atoms with Crippen LogP contribution in [0.4, 0.5) is 5.69 Å². The zero-order chi connectivity index (χ0) is 22.6. The van der Waals surface area contributed by atoms with Crippen LogP contribution >= 0.6 is 0 Å². The van der Waals surface area contributed by atoms with Crippen molar-refractivity contribution in [3.8, 4) is 0 Å². The van der Waals surface area contributed by atoms with Crippen LogP contribution < -0.4 is 4.90 Å². The molecule has 1 aromatic rings. The van der Waals surface area contributed by atoms with Crippen molar-refractivity contribution in [2.24, 2.45) is 5.92 Å². The molecule has 1 amide bonds. The number of carbonyl (C=O) groups excluding carboxylic acids is 2. The highest BCUT2D eigenvalue weighted by Crippen LogP contribution is 2.28. The number of esters is 1. The Hall–Kier alpha value is -1.97. The van der Waals surface area contributed by atoms with Crippen LogP contribution in [0.1, 0.15) is 40.0 Å². The van der Waals surface area contributed by atoms with Gasteiger partial charge in [-0.3, -0.25) is 14.5 Å². The molecular weight excluding hydrogens is 418 g/mol. The Kier molecular flexibility index (Phi) is 7.72. The van der Waals surface area contributed by atoms with Crippen LogP contribution in [-0.2, 0) is 24.3 Å². The maximum atomic E-state index is 12.7. The van der Waals surface area contributed by atoms with E-state index >= 15 is 0 Å². The fourth-order valence-electron chi connectivity index (χ4n) is 4.28. The first-order valence-electron chi connectivity index (χ1n) is 11.1. The molecule has 2 heterocycles. The standard InChI is InChI=1S/C22H33N3O5S/c1-4-23-13-7-8-19(16-23)30-22(27)17-14-21(26)25(15-17)18-9-11-20(12-10-18)31(28,29)24(5-2)6-3/h9-12,17,19H,4-8,13-16H2,1-3H3. The highest BCUT2D eigenvalue weighted by atomic mass is 32.2. The van der Waals surface area contributed by atoms with Crippen molar-refractivity contribution in [1.29, 1.82) is 0 Å². The topological polar surface area (TPSA) is 87.2 Å². The maximum absolute atomic E-state index is 12.7. The van der Waals surface area contributed by atoms with Crippen LogP contribution in [-0.4, -0.2) is 74.9 Å². The van der Waals surface area contributed by atoms with Gasteiger partial charge in [0, 0.05) is 38.3 Å². The number of carbonyl (C=O) groups is 2. The summed E-state index contributed by atoms with van der Waals surface area (Å²) >= 11 is 0. The smallest absolute Gasteiger partial charge is 0.311 e. The highest BCUT2D eigenvalue weighted by Gasteiger charge is 2.37. The van der Waals surface area contributed by atoms with Gasteiger partial charge in [0.2, 0.25) is 15.9 Å². The van der Waals surface area contributed by atoms with E-state index in [9.17, 15) is 18.0 Å². The quantitative estimate of drug-likeness (QED) is 0.563. The number of nitrogens with zero attached hydrogens (tertiary/aromatic N) is 3.